The van der Waals surface area contributed by atoms with Crippen LogP contribution in [-0.2, 0) is 4.74 Å². The normalized spacial score (nSPS) is 15.6. The first kappa shape index (κ1) is 14.1. The van der Waals surface area contributed by atoms with Crippen LogP contribution in [0.1, 0.15) is 39.4 Å². The molecule has 1 heterocycles. The lowest BCUT2D eigenvalue weighted by atomic mass is 9.83. The van der Waals surface area contributed by atoms with Gasteiger partial charge < -0.3 is 10.1 Å². The van der Waals surface area contributed by atoms with Crippen molar-refractivity contribution >= 4 is 0 Å². The first-order valence-corrected chi connectivity index (χ1v) is 6.02. The summed E-state index contributed by atoms with van der Waals surface area (Å²) in [5, 5.41) is 3.43. The number of hydrogen-bond donors (Lipinski definition) is 1. The molecule has 0 saturated heterocycles. The minimum Gasteiger partial charge on any atom is -0.379 e. The Bertz CT molecular complexity index is 321. The molecule has 0 aliphatic rings. The number of nitrogens with one attached hydrogen (secondary N) is 1. The van der Waals surface area contributed by atoms with Gasteiger partial charge in [-0.25, -0.2) is 0 Å². The monoisotopic (exact) mass is 237 g/mol. The third kappa shape index (κ3) is 3.75. The molecular weight excluding hydrogens is 214 g/mol. The van der Waals surface area contributed by atoms with Crippen molar-refractivity contribution in [2.75, 3.05) is 13.7 Å². The highest BCUT2D eigenvalue weighted by molar-refractivity contribution is 5.07. The Hall–Kier alpha value is -1.00. The van der Waals surface area contributed by atoms with E-state index in [1.54, 1.807) is 25.7 Å². The van der Waals surface area contributed by atoms with Crippen LogP contribution >= 0.6 is 0 Å². The lowest BCUT2D eigenvalue weighted by Gasteiger charge is -2.35. The van der Waals surface area contributed by atoms with Crippen LogP contribution < -0.4 is 5.32 Å². The van der Waals surface area contributed by atoms with Crippen LogP contribution in [0.4, 0.5) is 0 Å². The topological polar surface area (TPSA) is 47.0 Å². The second-order valence-electron chi connectivity index (χ2n) is 5.19. The lowest BCUT2D eigenvalue weighted by Crippen LogP contribution is -2.41. The molecule has 0 radical (unpaired) electrons. The predicted octanol–water partition coefficient (Wildman–Crippen LogP) is 2.19. The molecule has 96 valence electrons. The molecule has 0 amide bonds. The van der Waals surface area contributed by atoms with Crippen molar-refractivity contribution in [3.63, 3.8) is 0 Å². The Kier molecular flexibility index (Phi) is 5.02. The van der Waals surface area contributed by atoms with Gasteiger partial charge in [0.1, 0.15) is 0 Å². The highest BCUT2D eigenvalue weighted by atomic mass is 16.5. The number of nitrogens with zero attached hydrogens (tertiary/aromatic N) is 2. The zero-order valence-corrected chi connectivity index (χ0v) is 11.4. The summed E-state index contributed by atoms with van der Waals surface area (Å²) in [5.41, 5.74) is 0.968. The van der Waals surface area contributed by atoms with Gasteiger partial charge in [0, 0.05) is 19.5 Å². The van der Waals surface area contributed by atoms with Gasteiger partial charge in [-0.15, -0.1) is 0 Å². The van der Waals surface area contributed by atoms with E-state index in [9.17, 15) is 0 Å². The van der Waals surface area contributed by atoms with E-state index in [4.69, 9.17) is 4.74 Å². The van der Waals surface area contributed by atoms with E-state index in [-0.39, 0.29) is 17.6 Å². The van der Waals surface area contributed by atoms with E-state index >= 15 is 0 Å². The maximum Gasteiger partial charge on any atom is 0.0830 e. The third-order valence-corrected chi connectivity index (χ3v) is 2.74. The second kappa shape index (κ2) is 6.07. The lowest BCUT2D eigenvalue weighted by molar-refractivity contribution is -0.0126. The van der Waals surface area contributed by atoms with Gasteiger partial charge in [-0.05, 0) is 12.0 Å². The Labute approximate surface area is 104 Å². The van der Waals surface area contributed by atoms with Crippen LogP contribution in [0.5, 0.6) is 0 Å². The maximum absolute atomic E-state index is 5.65. The molecule has 0 fully saturated rings. The predicted molar refractivity (Wildman–Crippen MR) is 68.7 cm³/mol. The summed E-state index contributed by atoms with van der Waals surface area (Å²) in [6.07, 6.45) is 5.25. The standard InChI is InChI=1S/C13H23N3O/c1-6-15-11(10-9-14-7-8-16-10)12(17-5)13(2,3)4/h7-9,11-12,15H,6H2,1-5H3. The average Bonchev–Trinajstić information content (AvgIpc) is 2.28. The van der Waals surface area contributed by atoms with Crippen LogP contribution in [-0.4, -0.2) is 29.7 Å². The molecule has 0 aromatic carbocycles. The Morgan fingerprint density at radius 1 is 1.35 bits per heavy atom. The molecule has 0 spiro atoms. The highest BCUT2D eigenvalue weighted by Crippen LogP contribution is 2.31. The minimum absolute atomic E-state index is 0.0408. The van der Waals surface area contributed by atoms with Crippen molar-refractivity contribution in [2.45, 2.75) is 39.8 Å². The first-order valence-electron chi connectivity index (χ1n) is 6.02. The summed E-state index contributed by atoms with van der Waals surface area (Å²) in [6.45, 7) is 9.46. The van der Waals surface area contributed by atoms with Gasteiger partial charge in [-0.1, -0.05) is 27.7 Å². The molecule has 1 aromatic heterocycles. The van der Waals surface area contributed by atoms with Crippen molar-refractivity contribution < 1.29 is 4.74 Å². The quantitative estimate of drug-likeness (QED) is 0.852. The van der Waals surface area contributed by atoms with Crippen LogP contribution in [0.15, 0.2) is 18.6 Å². The molecule has 2 unspecified atom stereocenters. The van der Waals surface area contributed by atoms with Gasteiger partial charge in [0.05, 0.1) is 24.0 Å². The van der Waals surface area contributed by atoms with Gasteiger partial charge in [-0.3, -0.25) is 9.97 Å². The fourth-order valence-electron chi connectivity index (χ4n) is 2.05. The van der Waals surface area contributed by atoms with E-state index in [2.05, 4.69) is 43.0 Å². The minimum atomic E-state index is 0.0408. The maximum atomic E-state index is 5.65. The summed E-state index contributed by atoms with van der Waals surface area (Å²) < 4.78 is 5.65. The van der Waals surface area contributed by atoms with Crippen molar-refractivity contribution in [1.82, 2.24) is 15.3 Å². The van der Waals surface area contributed by atoms with Crippen LogP contribution in [0, 0.1) is 5.41 Å². The SMILES string of the molecule is CCNC(c1cnccn1)C(OC)C(C)(C)C. The second-order valence-corrected chi connectivity index (χ2v) is 5.19. The summed E-state index contributed by atoms with van der Waals surface area (Å²) in [7, 11) is 1.75. The number of ether oxygens (including phenoxy) is 1. The molecule has 2 atom stereocenters. The largest absolute Gasteiger partial charge is 0.379 e. The van der Waals surface area contributed by atoms with Gasteiger partial charge in [0.2, 0.25) is 0 Å². The van der Waals surface area contributed by atoms with Gasteiger partial charge >= 0.3 is 0 Å². The molecule has 0 bridgehead atoms. The molecular formula is C13H23N3O. The van der Waals surface area contributed by atoms with E-state index in [0.717, 1.165) is 12.2 Å². The number of likely N-dealkylation sites (N-methyl/N-ethyl adjacent to an activating group) is 1. The van der Waals surface area contributed by atoms with Crippen LogP contribution in [0.3, 0.4) is 0 Å². The Morgan fingerprint density at radius 2 is 2.06 bits per heavy atom. The van der Waals surface area contributed by atoms with Crippen LogP contribution in [0.2, 0.25) is 0 Å². The fourth-order valence-corrected chi connectivity index (χ4v) is 2.05. The molecule has 4 nitrogen and oxygen atoms in total. The van der Waals surface area contributed by atoms with Crippen molar-refractivity contribution in [2.24, 2.45) is 5.41 Å². The summed E-state index contributed by atoms with van der Waals surface area (Å²) in [5.74, 6) is 0. The van der Waals surface area contributed by atoms with E-state index < -0.39 is 0 Å². The smallest absolute Gasteiger partial charge is 0.0830 e. The molecule has 1 aromatic rings. The number of aromatic nitrogens is 2. The Balaban J connectivity index is 2.99. The summed E-state index contributed by atoms with van der Waals surface area (Å²) >= 11 is 0. The number of methoxy groups -OCH3 is 1. The number of hydrogen-bond acceptors (Lipinski definition) is 4. The highest BCUT2D eigenvalue weighted by Gasteiger charge is 2.33. The summed E-state index contributed by atoms with van der Waals surface area (Å²) in [6, 6.07) is 0.0682. The molecule has 0 aliphatic carbocycles. The van der Waals surface area contributed by atoms with Crippen molar-refractivity contribution in [1.29, 1.82) is 0 Å². The molecule has 0 aliphatic heterocycles. The first-order chi connectivity index (χ1) is 8.00. The number of rotatable bonds is 5. The zero-order valence-electron chi connectivity index (χ0n) is 11.4. The average molecular weight is 237 g/mol. The molecule has 17 heavy (non-hydrogen) atoms. The van der Waals surface area contributed by atoms with E-state index in [0.29, 0.717) is 0 Å². The molecule has 4 heteroatoms. The van der Waals surface area contributed by atoms with Gasteiger partial charge in [0.25, 0.3) is 0 Å². The fraction of sp³-hybridized carbons (Fsp3) is 0.692. The molecule has 1 rings (SSSR count). The van der Waals surface area contributed by atoms with Crippen LogP contribution in [0.25, 0.3) is 0 Å². The zero-order chi connectivity index (χ0) is 12.9. The summed E-state index contributed by atoms with van der Waals surface area (Å²) in [4.78, 5) is 8.50. The van der Waals surface area contributed by atoms with E-state index in [1.807, 2.05) is 0 Å². The van der Waals surface area contributed by atoms with Crippen molar-refractivity contribution in [3.8, 4) is 0 Å². The molecule has 0 saturated carbocycles. The molecule has 1 N–H and O–H groups in total. The van der Waals surface area contributed by atoms with Crippen molar-refractivity contribution in [3.05, 3.63) is 24.3 Å². The van der Waals surface area contributed by atoms with Gasteiger partial charge in [-0.2, -0.15) is 0 Å². The van der Waals surface area contributed by atoms with Gasteiger partial charge in [0.15, 0.2) is 0 Å². The van der Waals surface area contributed by atoms with E-state index in [1.165, 1.54) is 0 Å². The Morgan fingerprint density at radius 3 is 2.47 bits per heavy atom. The third-order valence-electron chi connectivity index (χ3n) is 2.74.